The van der Waals surface area contributed by atoms with Crippen LogP contribution in [0.1, 0.15) is 13.3 Å². The van der Waals surface area contributed by atoms with E-state index < -0.39 is 12.0 Å². The number of carbonyl (C=O) groups is 2. The Labute approximate surface area is 98.0 Å². The summed E-state index contributed by atoms with van der Waals surface area (Å²) in [4.78, 5) is 21.7. The number of amides is 2. The standard InChI is InChI=1S/C9H15N5O3/c1-7(6-8(15)16)12-9(17)10-2-4-14-5-3-11-13-14/h3,5,7H,2,4,6H2,1H3,(H,15,16)(H2,10,12,17). The molecule has 1 aromatic heterocycles. The van der Waals surface area contributed by atoms with E-state index in [4.69, 9.17) is 5.11 Å². The Kier molecular flexibility index (Phi) is 4.92. The number of hydrogen-bond acceptors (Lipinski definition) is 4. The Morgan fingerprint density at radius 1 is 1.53 bits per heavy atom. The average molecular weight is 241 g/mol. The topological polar surface area (TPSA) is 109 Å². The number of hydrogen-bond donors (Lipinski definition) is 3. The number of carboxylic acids is 1. The summed E-state index contributed by atoms with van der Waals surface area (Å²) in [6, 6.07) is -0.794. The first-order valence-corrected chi connectivity index (χ1v) is 5.18. The summed E-state index contributed by atoms with van der Waals surface area (Å²) >= 11 is 0. The van der Waals surface area contributed by atoms with Gasteiger partial charge in [-0.1, -0.05) is 5.21 Å². The molecule has 1 atom stereocenters. The molecule has 0 bridgehead atoms. The van der Waals surface area contributed by atoms with E-state index in [1.165, 1.54) is 0 Å². The Morgan fingerprint density at radius 2 is 2.29 bits per heavy atom. The van der Waals surface area contributed by atoms with Gasteiger partial charge in [-0.05, 0) is 6.92 Å². The van der Waals surface area contributed by atoms with Crippen LogP contribution in [0, 0.1) is 0 Å². The monoisotopic (exact) mass is 241 g/mol. The largest absolute Gasteiger partial charge is 0.481 e. The van der Waals surface area contributed by atoms with Crippen LogP contribution in [0.25, 0.3) is 0 Å². The van der Waals surface area contributed by atoms with Gasteiger partial charge < -0.3 is 15.7 Å². The first-order chi connectivity index (χ1) is 8.08. The maximum absolute atomic E-state index is 11.3. The van der Waals surface area contributed by atoms with Gasteiger partial charge in [-0.25, -0.2) is 4.79 Å². The summed E-state index contributed by atoms with van der Waals surface area (Å²) in [6.45, 7) is 2.54. The fraction of sp³-hybridized carbons (Fsp3) is 0.556. The van der Waals surface area contributed by atoms with Gasteiger partial charge >= 0.3 is 12.0 Å². The highest BCUT2D eigenvalue weighted by Gasteiger charge is 2.09. The van der Waals surface area contributed by atoms with E-state index in [1.807, 2.05) is 0 Å². The third kappa shape index (κ3) is 5.50. The van der Waals surface area contributed by atoms with Crippen LogP contribution in [-0.2, 0) is 11.3 Å². The van der Waals surface area contributed by atoms with Gasteiger partial charge in [0, 0.05) is 18.8 Å². The van der Waals surface area contributed by atoms with Crippen LogP contribution in [0.3, 0.4) is 0 Å². The molecule has 3 N–H and O–H groups in total. The lowest BCUT2D eigenvalue weighted by Gasteiger charge is -2.12. The number of aliphatic carboxylic acids is 1. The molecule has 1 heterocycles. The average Bonchev–Trinajstić information content (AvgIpc) is 2.68. The maximum atomic E-state index is 11.3. The van der Waals surface area contributed by atoms with Crippen molar-refractivity contribution in [2.24, 2.45) is 0 Å². The Balaban J connectivity index is 2.14. The highest BCUT2D eigenvalue weighted by Crippen LogP contribution is 1.89. The van der Waals surface area contributed by atoms with Crippen molar-refractivity contribution in [1.82, 2.24) is 25.6 Å². The highest BCUT2D eigenvalue weighted by molar-refractivity contribution is 5.75. The van der Waals surface area contributed by atoms with Crippen molar-refractivity contribution in [3.8, 4) is 0 Å². The van der Waals surface area contributed by atoms with Gasteiger partial charge in [0.2, 0.25) is 0 Å². The molecule has 1 unspecified atom stereocenters. The SMILES string of the molecule is CC(CC(=O)O)NC(=O)NCCn1ccnn1. The number of aromatic nitrogens is 3. The molecule has 0 radical (unpaired) electrons. The minimum Gasteiger partial charge on any atom is -0.481 e. The molecule has 8 nitrogen and oxygen atoms in total. The van der Waals surface area contributed by atoms with Crippen LogP contribution in [-0.4, -0.2) is 44.7 Å². The third-order valence-corrected chi connectivity index (χ3v) is 1.96. The van der Waals surface area contributed by atoms with Crippen LogP contribution >= 0.6 is 0 Å². The van der Waals surface area contributed by atoms with E-state index in [-0.39, 0.29) is 12.5 Å². The van der Waals surface area contributed by atoms with Crippen LogP contribution in [0.4, 0.5) is 4.79 Å². The summed E-state index contributed by atoms with van der Waals surface area (Å²) < 4.78 is 1.58. The van der Waals surface area contributed by atoms with Crippen LogP contribution in [0.5, 0.6) is 0 Å². The normalized spacial score (nSPS) is 11.8. The molecule has 0 aromatic carbocycles. The van der Waals surface area contributed by atoms with Crippen molar-refractivity contribution in [1.29, 1.82) is 0 Å². The Morgan fingerprint density at radius 3 is 2.88 bits per heavy atom. The van der Waals surface area contributed by atoms with Crippen molar-refractivity contribution in [2.45, 2.75) is 25.9 Å². The zero-order chi connectivity index (χ0) is 12.7. The number of rotatable bonds is 6. The van der Waals surface area contributed by atoms with E-state index in [1.54, 1.807) is 24.0 Å². The van der Waals surface area contributed by atoms with E-state index in [0.717, 1.165) is 0 Å². The lowest BCUT2D eigenvalue weighted by atomic mass is 10.2. The molecule has 8 heteroatoms. The lowest BCUT2D eigenvalue weighted by molar-refractivity contribution is -0.137. The zero-order valence-electron chi connectivity index (χ0n) is 9.46. The molecule has 2 amide bonds. The molecule has 1 aromatic rings. The minimum atomic E-state index is -0.944. The van der Waals surface area contributed by atoms with Gasteiger partial charge in [-0.2, -0.15) is 0 Å². The highest BCUT2D eigenvalue weighted by atomic mass is 16.4. The molecule has 0 saturated carbocycles. The van der Waals surface area contributed by atoms with Crippen molar-refractivity contribution in [3.05, 3.63) is 12.4 Å². The molecule has 0 fully saturated rings. The molecule has 17 heavy (non-hydrogen) atoms. The summed E-state index contributed by atoms with van der Waals surface area (Å²) in [6.07, 6.45) is 3.14. The molecular formula is C9H15N5O3. The van der Waals surface area contributed by atoms with Gasteiger partial charge in [0.1, 0.15) is 0 Å². The molecule has 1 rings (SSSR count). The van der Waals surface area contributed by atoms with Crippen molar-refractivity contribution in [2.75, 3.05) is 6.54 Å². The number of urea groups is 1. The van der Waals surface area contributed by atoms with Crippen LogP contribution in [0.15, 0.2) is 12.4 Å². The number of carbonyl (C=O) groups excluding carboxylic acids is 1. The van der Waals surface area contributed by atoms with Gasteiger partial charge in [0.05, 0.1) is 19.2 Å². The van der Waals surface area contributed by atoms with Crippen molar-refractivity contribution < 1.29 is 14.7 Å². The molecule has 0 spiro atoms. The van der Waals surface area contributed by atoms with Gasteiger partial charge in [0.25, 0.3) is 0 Å². The summed E-state index contributed by atoms with van der Waals surface area (Å²) in [5, 5.41) is 21.0. The third-order valence-electron chi connectivity index (χ3n) is 1.96. The van der Waals surface area contributed by atoms with Gasteiger partial charge in [-0.15, -0.1) is 5.10 Å². The van der Waals surface area contributed by atoms with E-state index in [0.29, 0.717) is 13.1 Å². The molecule has 94 valence electrons. The second-order valence-electron chi connectivity index (χ2n) is 3.57. The summed E-state index contributed by atoms with van der Waals surface area (Å²) in [7, 11) is 0. The fourth-order valence-electron chi connectivity index (χ4n) is 1.22. The first-order valence-electron chi connectivity index (χ1n) is 5.18. The van der Waals surface area contributed by atoms with Crippen LogP contribution < -0.4 is 10.6 Å². The van der Waals surface area contributed by atoms with E-state index in [2.05, 4.69) is 20.9 Å². The predicted octanol–water partition coefficient (Wildman–Crippen LogP) is -0.559. The number of nitrogens with zero attached hydrogens (tertiary/aromatic N) is 3. The second-order valence-corrected chi connectivity index (χ2v) is 3.57. The molecule has 0 saturated heterocycles. The molecule has 0 aliphatic rings. The van der Waals surface area contributed by atoms with Crippen molar-refractivity contribution >= 4 is 12.0 Å². The fourth-order valence-corrected chi connectivity index (χ4v) is 1.22. The second kappa shape index (κ2) is 6.46. The van der Waals surface area contributed by atoms with Crippen molar-refractivity contribution in [3.63, 3.8) is 0 Å². The Hall–Kier alpha value is -2.12. The van der Waals surface area contributed by atoms with E-state index >= 15 is 0 Å². The molecule has 0 aliphatic heterocycles. The maximum Gasteiger partial charge on any atom is 0.315 e. The summed E-state index contributed by atoms with van der Waals surface area (Å²) in [5.74, 6) is -0.944. The van der Waals surface area contributed by atoms with Crippen LogP contribution in [0.2, 0.25) is 0 Å². The molecular weight excluding hydrogens is 226 g/mol. The number of nitrogens with one attached hydrogen (secondary N) is 2. The van der Waals surface area contributed by atoms with Gasteiger partial charge in [-0.3, -0.25) is 9.48 Å². The van der Waals surface area contributed by atoms with E-state index in [9.17, 15) is 9.59 Å². The summed E-state index contributed by atoms with van der Waals surface area (Å²) in [5.41, 5.74) is 0. The van der Waals surface area contributed by atoms with Gasteiger partial charge in [0.15, 0.2) is 0 Å². The smallest absolute Gasteiger partial charge is 0.315 e. The number of carboxylic acid groups (broad SMARTS) is 1. The lowest BCUT2D eigenvalue weighted by Crippen LogP contribution is -2.42. The molecule has 0 aliphatic carbocycles. The predicted molar refractivity (Wildman–Crippen MR) is 58.3 cm³/mol. The quantitative estimate of drug-likeness (QED) is 0.618. The zero-order valence-corrected chi connectivity index (χ0v) is 9.46. The minimum absolute atomic E-state index is 0.101. The first kappa shape index (κ1) is 12.9. The Bertz CT molecular complexity index is 365.